The normalized spacial score (nSPS) is 18.2. The summed E-state index contributed by atoms with van der Waals surface area (Å²) < 4.78 is 0. The van der Waals surface area contributed by atoms with Gasteiger partial charge >= 0.3 is 0 Å². The Kier molecular flexibility index (Phi) is 5.65. The molecule has 1 saturated heterocycles. The maximum Gasteiger partial charge on any atom is 0.242 e. The predicted molar refractivity (Wildman–Crippen MR) is 112 cm³/mol. The van der Waals surface area contributed by atoms with Gasteiger partial charge in [-0.2, -0.15) is 0 Å². The summed E-state index contributed by atoms with van der Waals surface area (Å²) in [5.41, 5.74) is 4.93. The number of carbonyl (C=O) groups is 2. The van der Waals surface area contributed by atoms with Crippen molar-refractivity contribution in [3.8, 4) is 0 Å². The zero-order valence-corrected chi connectivity index (χ0v) is 16.8. The quantitative estimate of drug-likeness (QED) is 0.863. The van der Waals surface area contributed by atoms with E-state index in [1.807, 2.05) is 56.3 Å². The summed E-state index contributed by atoms with van der Waals surface area (Å²) in [6.07, 6.45) is 0.119. The Morgan fingerprint density at radius 2 is 1.85 bits per heavy atom. The van der Waals surface area contributed by atoms with E-state index in [4.69, 9.17) is 0 Å². The van der Waals surface area contributed by atoms with E-state index in [-0.39, 0.29) is 18.2 Å². The van der Waals surface area contributed by atoms with Crippen LogP contribution in [0.25, 0.3) is 0 Å². The lowest BCUT2D eigenvalue weighted by atomic mass is 10.1. The van der Waals surface area contributed by atoms with Gasteiger partial charge in [-0.05, 0) is 55.7 Å². The van der Waals surface area contributed by atoms with Gasteiger partial charge < -0.3 is 5.32 Å². The van der Waals surface area contributed by atoms with Crippen molar-refractivity contribution in [2.24, 2.45) is 4.99 Å². The monoisotopic (exact) mass is 381 g/mol. The molecule has 6 heteroatoms. The van der Waals surface area contributed by atoms with Gasteiger partial charge in [-0.1, -0.05) is 36.0 Å². The van der Waals surface area contributed by atoms with E-state index in [0.29, 0.717) is 5.17 Å². The van der Waals surface area contributed by atoms with E-state index in [1.54, 1.807) is 7.05 Å². The Bertz CT molecular complexity index is 923. The molecule has 0 unspecified atom stereocenters. The molecule has 3 rings (SSSR count). The van der Waals surface area contributed by atoms with Crippen molar-refractivity contribution in [2.75, 3.05) is 12.4 Å². The van der Waals surface area contributed by atoms with E-state index in [1.165, 1.54) is 22.2 Å². The fourth-order valence-corrected chi connectivity index (χ4v) is 3.94. The Morgan fingerprint density at radius 3 is 2.56 bits per heavy atom. The van der Waals surface area contributed by atoms with E-state index < -0.39 is 5.25 Å². The highest BCUT2D eigenvalue weighted by atomic mass is 32.2. The van der Waals surface area contributed by atoms with E-state index in [0.717, 1.165) is 22.5 Å². The molecule has 140 valence electrons. The lowest BCUT2D eigenvalue weighted by molar-refractivity contribution is -0.127. The van der Waals surface area contributed by atoms with E-state index in [2.05, 4.69) is 17.2 Å². The van der Waals surface area contributed by atoms with Crippen molar-refractivity contribution in [3.05, 3.63) is 59.2 Å². The molecule has 1 aliphatic rings. The minimum Gasteiger partial charge on any atom is -0.326 e. The predicted octanol–water partition coefficient (Wildman–Crippen LogP) is 4.20. The number of thioether (sulfide) groups is 1. The second-order valence-electron chi connectivity index (χ2n) is 6.73. The van der Waals surface area contributed by atoms with Gasteiger partial charge in [0, 0.05) is 19.2 Å². The Labute approximate surface area is 163 Å². The molecule has 1 atom stereocenters. The third-order valence-electron chi connectivity index (χ3n) is 4.65. The van der Waals surface area contributed by atoms with Crippen LogP contribution < -0.4 is 5.32 Å². The average Bonchev–Trinajstić information content (AvgIpc) is 2.88. The molecule has 0 saturated carbocycles. The van der Waals surface area contributed by atoms with Crippen LogP contribution in [0.15, 0.2) is 47.5 Å². The van der Waals surface area contributed by atoms with Crippen molar-refractivity contribution in [2.45, 2.75) is 32.4 Å². The molecule has 1 fully saturated rings. The van der Waals surface area contributed by atoms with Crippen LogP contribution in [0.5, 0.6) is 0 Å². The zero-order valence-electron chi connectivity index (χ0n) is 15.9. The fourth-order valence-electron chi connectivity index (χ4n) is 2.79. The van der Waals surface area contributed by atoms with Crippen molar-refractivity contribution >= 4 is 40.1 Å². The number of rotatable bonds is 4. The third kappa shape index (κ3) is 4.39. The Morgan fingerprint density at radius 1 is 1.11 bits per heavy atom. The van der Waals surface area contributed by atoms with Crippen molar-refractivity contribution in [1.29, 1.82) is 0 Å². The summed E-state index contributed by atoms with van der Waals surface area (Å²) >= 11 is 1.34. The fraction of sp³-hybridized carbons (Fsp3) is 0.286. The highest BCUT2D eigenvalue weighted by molar-refractivity contribution is 8.15. The summed E-state index contributed by atoms with van der Waals surface area (Å²) in [5.74, 6) is -0.265. The molecule has 0 spiro atoms. The lowest BCUT2D eigenvalue weighted by Gasteiger charge is -2.10. The molecule has 27 heavy (non-hydrogen) atoms. The minimum atomic E-state index is -0.454. The zero-order chi connectivity index (χ0) is 19.6. The lowest BCUT2D eigenvalue weighted by Crippen LogP contribution is -2.30. The molecule has 2 amide bonds. The number of carbonyl (C=O) groups excluding carboxylic acids is 2. The SMILES string of the molecule is Cc1ccc(N=C2S[C@@H](CC(=O)Nc3ccccc3C)C(=O)N2C)cc1C. The first-order valence-corrected chi connectivity index (χ1v) is 9.69. The number of aliphatic imine (C=N–C) groups is 1. The summed E-state index contributed by atoms with van der Waals surface area (Å²) in [6.45, 7) is 6.02. The number of para-hydroxylation sites is 1. The van der Waals surface area contributed by atoms with Crippen LogP contribution in [0.1, 0.15) is 23.1 Å². The summed E-state index contributed by atoms with van der Waals surface area (Å²) in [6, 6.07) is 13.5. The number of benzene rings is 2. The molecule has 1 heterocycles. The molecule has 2 aromatic rings. The first-order valence-electron chi connectivity index (χ1n) is 8.81. The summed E-state index contributed by atoms with van der Waals surface area (Å²) in [4.78, 5) is 31.0. The highest BCUT2D eigenvalue weighted by Gasteiger charge is 2.37. The van der Waals surface area contributed by atoms with Gasteiger partial charge in [-0.25, -0.2) is 4.99 Å². The maximum absolute atomic E-state index is 12.5. The third-order valence-corrected chi connectivity index (χ3v) is 5.87. The number of nitrogens with zero attached hydrogens (tertiary/aromatic N) is 2. The van der Waals surface area contributed by atoms with Crippen LogP contribution >= 0.6 is 11.8 Å². The molecular weight excluding hydrogens is 358 g/mol. The standard InChI is InChI=1S/C21H23N3O2S/c1-13-9-10-16(11-15(13)3)22-21-24(4)20(26)18(27-21)12-19(25)23-17-8-6-5-7-14(17)2/h5-11,18H,12H2,1-4H3,(H,23,25)/t18-/m0/s1. The van der Waals surface area contributed by atoms with Crippen molar-refractivity contribution < 1.29 is 9.59 Å². The topological polar surface area (TPSA) is 61.8 Å². The smallest absolute Gasteiger partial charge is 0.242 e. The first-order chi connectivity index (χ1) is 12.8. The van der Waals surface area contributed by atoms with Gasteiger partial charge in [0.1, 0.15) is 5.25 Å². The number of anilines is 1. The largest absolute Gasteiger partial charge is 0.326 e. The van der Waals surface area contributed by atoms with Crippen LogP contribution in [0, 0.1) is 20.8 Å². The average molecular weight is 382 g/mol. The number of amidine groups is 1. The second-order valence-corrected chi connectivity index (χ2v) is 7.90. The maximum atomic E-state index is 12.5. The second kappa shape index (κ2) is 7.96. The molecule has 1 aliphatic heterocycles. The number of amides is 2. The molecule has 0 radical (unpaired) electrons. The van der Waals surface area contributed by atoms with Crippen LogP contribution in [0.4, 0.5) is 11.4 Å². The van der Waals surface area contributed by atoms with E-state index in [9.17, 15) is 9.59 Å². The highest BCUT2D eigenvalue weighted by Crippen LogP contribution is 2.31. The van der Waals surface area contributed by atoms with Gasteiger partial charge in [-0.15, -0.1) is 0 Å². The molecule has 0 aromatic heterocycles. The van der Waals surface area contributed by atoms with Crippen molar-refractivity contribution in [3.63, 3.8) is 0 Å². The van der Waals surface area contributed by atoms with Gasteiger partial charge in [0.2, 0.25) is 11.8 Å². The molecular formula is C21H23N3O2S. The summed E-state index contributed by atoms with van der Waals surface area (Å²) in [5, 5.41) is 3.06. The first kappa shape index (κ1) is 19.2. The number of aryl methyl sites for hydroxylation is 3. The minimum absolute atomic E-state index is 0.0949. The van der Waals surface area contributed by atoms with Gasteiger partial charge in [0.15, 0.2) is 5.17 Å². The van der Waals surface area contributed by atoms with Crippen LogP contribution in [-0.4, -0.2) is 34.2 Å². The number of hydrogen-bond donors (Lipinski definition) is 1. The molecule has 1 N–H and O–H groups in total. The Hall–Kier alpha value is -2.60. The Balaban J connectivity index is 1.70. The van der Waals surface area contributed by atoms with Crippen LogP contribution in [0.3, 0.4) is 0 Å². The summed E-state index contributed by atoms with van der Waals surface area (Å²) in [7, 11) is 1.70. The van der Waals surface area contributed by atoms with Crippen molar-refractivity contribution in [1.82, 2.24) is 4.90 Å². The molecule has 5 nitrogen and oxygen atoms in total. The molecule has 2 aromatic carbocycles. The molecule has 0 bridgehead atoms. The van der Waals surface area contributed by atoms with E-state index >= 15 is 0 Å². The van der Waals surface area contributed by atoms with Crippen LogP contribution in [0.2, 0.25) is 0 Å². The number of nitrogens with one attached hydrogen (secondary N) is 1. The number of hydrogen-bond acceptors (Lipinski definition) is 4. The molecule has 0 aliphatic carbocycles. The van der Waals surface area contributed by atoms with Gasteiger partial charge in [0.05, 0.1) is 5.69 Å². The van der Waals surface area contributed by atoms with Gasteiger partial charge in [0.25, 0.3) is 0 Å². The van der Waals surface area contributed by atoms with Gasteiger partial charge in [-0.3, -0.25) is 14.5 Å². The van der Waals surface area contributed by atoms with Crippen LogP contribution in [-0.2, 0) is 9.59 Å².